The summed E-state index contributed by atoms with van der Waals surface area (Å²) in [6.45, 7) is 1.61. The van der Waals surface area contributed by atoms with Gasteiger partial charge in [-0.1, -0.05) is 23.7 Å². The number of rotatable bonds is 6. The lowest BCUT2D eigenvalue weighted by Gasteiger charge is -2.07. The molecule has 0 unspecified atom stereocenters. The van der Waals surface area contributed by atoms with Crippen molar-refractivity contribution in [3.63, 3.8) is 0 Å². The summed E-state index contributed by atoms with van der Waals surface area (Å²) in [5.74, 6) is 5.23. The van der Waals surface area contributed by atoms with Crippen LogP contribution < -0.4 is 17.2 Å². The van der Waals surface area contributed by atoms with Crippen LogP contribution in [0.25, 0.3) is 10.9 Å². The lowest BCUT2D eigenvalue weighted by molar-refractivity contribution is -0.137. The lowest BCUT2D eigenvalue weighted by Crippen LogP contribution is -2.13. The smallest absolute Gasteiger partial charge is 0.401 e. The SMILES string of the molecule is Cc1cc(I)cc2c(=O)oc(C(/C=C(\N)CN=N/C(=N\N)c3ccc(C(F)(F)F)cc3)=N\c3ncccc3Cl)nc12. The number of allylic oxidation sites excluding steroid dienone is 1. The fourth-order valence-electron chi connectivity index (χ4n) is 3.50. The Morgan fingerprint density at radius 2 is 1.93 bits per heavy atom. The van der Waals surface area contributed by atoms with E-state index in [0.717, 1.165) is 21.3 Å². The maximum atomic E-state index is 12.8. The second kappa shape index (κ2) is 12.6. The number of benzene rings is 2. The highest BCUT2D eigenvalue weighted by Gasteiger charge is 2.30. The number of hydrogen-bond acceptors (Lipinski definition) is 9. The number of nitrogens with two attached hydrogens (primary N) is 2. The Hall–Kier alpha value is -4.18. The molecule has 0 aliphatic rings. The van der Waals surface area contributed by atoms with Gasteiger partial charge in [0.25, 0.3) is 0 Å². The van der Waals surface area contributed by atoms with Gasteiger partial charge in [0.05, 0.1) is 28.0 Å². The molecule has 41 heavy (non-hydrogen) atoms. The van der Waals surface area contributed by atoms with E-state index in [2.05, 4.69) is 52.9 Å². The number of aryl methyl sites for hydroxylation is 1. The monoisotopic (exact) mass is 694 g/mol. The normalized spacial score (nSPS) is 13.4. The predicted octanol–water partition coefficient (Wildman–Crippen LogP) is 5.90. The van der Waals surface area contributed by atoms with Gasteiger partial charge in [0.15, 0.2) is 11.7 Å². The Kier molecular flexibility index (Phi) is 9.12. The third-order valence-electron chi connectivity index (χ3n) is 5.41. The molecule has 0 bridgehead atoms. The van der Waals surface area contributed by atoms with E-state index < -0.39 is 17.4 Å². The summed E-state index contributed by atoms with van der Waals surface area (Å²) in [6, 6.07) is 10.8. The zero-order chi connectivity index (χ0) is 29.7. The number of nitrogens with zero attached hydrogens (tertiary/aromatic N) is 6. The van der Waals surface area contributed by atoms with Crippen LogP contribution in [-0.4, -0.2) is 28.1 Å². The first-order valence-electron chi connectivity index (χ1n) is 11.6. The molecule has 2 aromatic carbocycles. The van der Waals surface area contributed by atoms with E-state index in [1.165, 1.54) is 24.4 Å². The standard InChI is InChI=1S/C26H19ClF3IN8O2/c1-13-9-16(31)10-18-21(13)37-24(41-25(18)40)20(36-23-19(27)3-2-8-34-23)11-17(32)12-35-39-22(38-33)14-4-6-15(7-5-14)26(28,29)30/h2-11H,12,32-33H2,1H3/b17-11-,36-20-,38-22-,39-35?. The van der Waals surface area contributed by atoms with Gasteiger partial charge in [-0.3, -0.25) is 0 Å². The number of aliphatic imine (C=N–C) groups is 1. The van der Waals surface area contributed by atoms with Crippen LogP contribution in [0.1, 0.15) is 22.6 Å². The van der Waals surface area contributed by atoms with E-state index in [1.54, 1.807) is 18.2 Å². The molecule has 10 nitrogen and oxygen atoms in total. The van der Waals surface area contributed by atoms with Crippen LogP contribution in [-0.2, 0) is 6.18 Å². The molecule has 0 saturated carbocycles. The Labute approximate surface area is 248 Å². The van der Waals surface area contributed by atoms with Crippen LogP contribution in [0.4, 0.5) is 19.0 Å². The number of amidine groups is 1. The van der Waals surface area contributed by atoms with Crippen molar-refractivity contribution in [1.29, 1.82) is 0 Å². The highest BCUT2D eigenvalue weighted by molar-refractivity contribution is 14.1. The zero-order valence-electron chi connectivity index (χ0n) is 21.0. The summed E-state index contributed by atoms with van der Waals surface area (Å²) in [7, 11) is 0. The van der Waals surface area contributed by atoms with Crippen molar-refractivity contribution in [3.8, 4) is 0 Å². The number of aromatic nitrogens is 2. The maximum Gasteiger partial charge on any atom is 0.416 e. The third-order valence-corrected chi connectivity index (χ3v) is 6.32. The van der Waals surface area contributed by atoms with Crippen molar-refractivity contribution in [3.05, 3.63) is 108 Å². The van der Waals surface area contributed by atoms with Gasteiger partial charge >= 0.3 is 11.8 Å². The molecule has 0 spiro atoms. The zero-order valence-corrected chi connectivity index (χ0v) is 23.9. The number of alkyl halides is 3. The molecule has 0 radical (unpaired) electrons. The second-order valence-electron chi connectivity index (χ2n) is 8.38. The minimum absolute atomic E-state index is 0.0331. The van der Waals surface area contributed by atoms with Crippen molar-refractivity contribution in [2.75, 3.05) is 6.54 Å². The summed E-state index contributed by atoms with van der Waals surface area (Å²) in [5.41, 5.74) is 6.23. The summed E-state index contributed by atoms with van der Waals surface area (Å²) in [5, 5.41) is 11.8. The first-order chi connectivity index (χ1) is 19.5. The fraction of sp³-hybridized carbons (Fsp3) is 0.115. The highest BCUT2D eigenvalue weighted by atomic mass is 127. The van der Waals surface area contributed by atoms with Gasteiger partial charge in [0.2, 0.25) is 5.89 Å². The Bertz CT molecular complexity index is 1780. The van der Waals surface area contributed by atoms with Gasteiger partial charge in [0.1, 0.15) is 5.71 Å². The van der Waals surface area contributed by atoms with Crippen LogP contribution in [0.2, 0.25) is 5.02 Å². The van der Waals surface area contributed by atoms with Crippen molar-refractivity contribution >= 4 is 62.5 Å². The lowest BCUT2D eigenvalue weighted by atomic mass is 10.1. The van der Waals surface area contributed by atoms with Crippen molar-refractivity contribution in [2.24, 2.45) is 31.9 Å². The number of pyridine rings is 1. The van der Waals surface area contributed by atoms with E-state index in [-0.39, 0.29) is 46.1 Å². The Morgan fingerprint density at radius 1 is 1.20 bits per heavy atom. The largest absolute Gasteiger partial charge is 0.416 e. The average Bonchev–Trinajstić information content (AvgIpc) is 2.92. The van der Waals surface area contributed by atoms with Gasteiger partial charge in [-0.15, -0.1) is 5.11 Å². The molecule has 4 aromatic rings. The Balaban J connectivity index is 1.68. The first-order valence-corrected chi connectivity index (χ1v) is 13.0. The predicted molar refractivity (Wildman–Crippen MR) is 157 cm³/mol. The van der Waals surface area contributed by atoms with Gasteiger partial charge < -0.3 is 16.0 Å². The van der Waals surface area contributed by atoms with E-state index >= 15 is 0 Å². The average molecular weight is 695 g/mol. The van der Waals surface area contributed by atoms with Crippen molar-refractivity contribution in [2.45, 2.75) is 13.1 Å². The van der Waals surface area contributed by atoms with E-state index in [4.69, 9.17) is 27.6 Å². The van der Waals surface area contributed by atoms with Crippen molar-refractivity contribution < 1.29 is 17.6 Å². The van der Waals surface area contributed by atoms with Crippen LogP contribution in [0, 0.1) is 10.5 Å². The third kappa shape index (κ3) is 7.32. The fourth-order valence-corrected chi connectivity index (χ4v) is 4.45. The Morgan fingerprint density at radius 3 is 2.59 bits per heavy atom. The number of hydrazone groups is 1. The van der Waals surface area contributed by atoms with E-state index in [1.807, 2.05) is 13.0 Å². The molecule has 15 heteroatoms. The maximum absolute atomic E-state index is 12.8. The van der Waals surface area contributed by atoms with Crippen LogP contribution >= 0.6 is 34.2 Å². The molecule has 0 aliphatic heterocycles. The van der Waals surface area contributed by atoms with Crippen LogP contribution in [0.15, 0.2) is 96.0 Å². The van der Waals surface area contributed by atoms with Crippen molar-refractivity contribution in [1.82, 2.24) is 9.97 Å². The molecule has 210 valence electrons. The molecule has 0 fully saturated rings. The molecule has 4 rings (SSSR count). The molecule has 0 saturated heterocycles. The number of hydrogen-bond donors (Lipinski definition) is 2. The summed E-state index contributed by atoms with van der Waals surface area (Å²) in [4.78, 5) is 25.9. The molecule has 4 N–H and O–H groups in total. The van der Waals surface area contributed by atoms with Crippen LogP contribution in [0.5, 0.6) is 0 Å². The first kappa shape index (κ1) is 29.8. The van der Waals surface area contributed by atoms with Gasteiger partial charge in [0, 0.05) is 21.0 Å². The van der Waals surface area contributed by atoms with E-state index in [9.17, 15) is 18.0 Å². The molecular weight excluding hydrogens is 676 g/mol. The topological polar surface area (TPSA) is 157 Å². The summed E-state index contributed by atoms with van der Waals surface area (Å²) < 4.78 is 44.9. The summed E-state index contributed by atoms with van der Waals surface area (Å²) in [6.07, 6.45) is -1.65. The highest BCUT2D eigenvalue weighted by Crippen LogP contribution is 2.29. The number of fused-ring (bicyclic) bond motifs is 1. The number of azo groups is 1. The quantitative estimate of drug-likeness (QED) is 0.0639. The molecule has 2 aromatic heterocycles. The van der Waals surface area contributed by atoms with Gasteiger partial charge in [-0.25, -0.2) is 19.8 Å². The molecule has 0 amide bonds. The molecule has 2 heterocycles. The molecule has 0 aliphatic carbocycles. The van der Waals surface area contributed by atoms with Gasteiger partial charge in [-0.2, -0.15) is 23.4 Å². The second-order valence-corrected chi connectivity index (χ2v) is 10.0. The van der Waals surface area contributed by atoms with E-state index in [0.29, 0.717) is 10.9 Å². The molecule has 0 atom stereocenters. The molecular formula is C26H19ClF3IN8O2. The minimum Gasteiger partial charge on any atom is -0.401 e. The summed E-state index contributed by atoms with van der Waals surface area (Å²) >= 11 is 8.33. The van der Waals surface area contributed by atoms with Crippen LogP contribution in [0.3, 0.4) is 0 Å². The minimum atomic E-state index is -4.49. The van der Waals surface area contributed by atoms with Gasteiger partial charge in [-0.05, 0) is 77.6 Å². The number of halogens is 5.